The monoisotopic (exact) mass is 361 g/mol. The van der Waals surface area contributed by atoms with Crippen molar-refractivity contribution in [3.8, 4) is 0 Å². The number of aryl methyl sites for hydroxylation is 2. The maximum atomic E-state index is 12.8. The summed E-state index contributed by atoms with van der Waals surface area (Å²) in [5.74, 6) is -0.407. The van der Waals surface area contributed by atoms with E-state index >= 15 is 0 Å². The van der Waals surface area contributed by atoms with Crippen LogP contribution in [0.4, 0.5) is 5.69 Å². The number of carbonyl (C=O) groups excluding carboxylic acids is 2. The molecule has 1 aliphatic rings. The molecule has 5 nitrogen and oxygen atoms in total. The number of rotatable bonds is 6. The van der Waals surface area contributed by atoms with Crippen molar-refractivity contribution >= 4 is 17.6 Å². The maximum absolute atomic E-state index is 12.8. The summed E-state index contributed by atoms with van der Waals surface area (Å²) in [4.78, 5) is 25.2. The van der Waals surface area contributed by atoms with Crippen LogP contribution in [0.3, 0.4) is 0 Å². The van der Waals surface area contributed by atoms with Crippen molar-refractivity contribution < 1.29 is 18.8 Å². The van der Waals surface area contributed by atoms with Gasteiger partial charge in [-0.05, 0) is 70.6 Å². The molecule has 5 heteroatoms. The van der Waals surface area contributed by atoms with Gasteiger partial charge in [-0.25, -0.2) is 4.79 Å². The first kappa shape index (κ1) is 20.4. The lowest BCUT2D eigenvalue weighted by atomic mass is 10.0. The zero-order chi connectivity index (χ0) is 19.2. The number of likely N-dealkylation sites (N-methyl/N-ethyl adjacent to an activating group) is 1. The summed E-state index contributed by atoms with van der Waals surface area (Å²) in [5, 5.41) is 3.02. The number of nitrogens with zero attached hydrogens (tertiary/aromatic N) is 1. The first-order chi connectivity index (χ1) is 12.4. The molecule has 1 aromatic carbocycles. The maximum Gasteiger partial charge on any atom is 0.340 e. The third-order valence-corrected chi connectivity index (χ3v) is 5.40. The normalized spacial score (nSPS) is 16.6. The molecule has 0 saturated carbocycles. The fraction of sp³-hybridized carbons (Fsp3) is 0.619. The van der Waals surface area contributed by atoms with Gasteiger partial charge >= 0.3 is 5.97 Å². The van der Waals surface area contributed by atoms with Crippen molar-refractivity contribution in [2.75, 3.05) is 38.1 Å². The van der Waals surface area contributed by atoms with Crippen LogP contribution in [-0.2, 0) is 9.53 Å². The lowest BCUT2D eigenvalue weighted by molar-refractivity contribution is -0.918. The molecule has 1 heterocycles. The largest absolute Gasteiger partial charge is 0.462 e. The Balaban J connectivity index is 2.21. The van der Waals surface area contributed by atoms with Crippen molar-refractivity contribution in [3.05, 3.63) is 28.8 Å². The summed E-state index contributed by atoms with van der Waals surface area (Å²) in [6.45, 7) is 11.7. The Kier molecular flexibility index (Phi) is 7.21. The molecule has 0 unspecified atom stereocenters. The van der Waals surface area contributed by atoms with Gasteiger partial charge in [-0.3, -0.25) is 4.79 Å². The minimum Gasteiger partial charge on any atom is -0.462 e. The summed E-state index contributed by atoms with van der Waals surface area (Å²) < 4.78 is 6.01. The molecular formula is C21H33N2O3+. The van der Waals surface area contributed by atoms with E-state index in [1.54, 1.807) is 13.0 Å². The van der Waals surface area contributed by atoms with E-state index in [0.717, 1.165) is 35.2 Å². The zero-order valence-corrected chi connectivity index (χ0v) is 16.7. The Bertz CT molecular complexity index is 647. The number of hydrogen-bond acceptors (Lipinski definition) is 3. The molecule has 0 radical (unpaired) electrons. The highest BCUT2D eigenvalue weighted by molar-refractivity contribution is 6.02. The van der Waals surface area contributed by atoms with Gasteiger partial charge in [0.05, 0.1) is 37.5 Å². The van der Waals surface area contributed by atoms with Crippen LogP contribution >= 0.6 is 0 Å². The van der Waals surface area contributed by atoms with Crippen LogP contribution < -0.4 is 5.32 Å². The predicted molar refractivity (Wildman–Crippen MR) is 104 cm³/mol. The second kappa shape index (κ2) is 9.17. The average Bonchev–Trinajstić information content (AvgIpc) is 2.83. The first-order valence-electron chi connectivity index (χ1n) is 9.84. The number of esters is 1. The van der Waals surface area contributed by atoms with E-state index in [2.05, 4.69) is 12.2 Å². The van der Waals surface area contributed by atoms with Crippen molar-refractivity contribution in [1.29, 1.82) is 0 Å². The molecule has 2 rings (SSSR count). The van der Waals surface area contributed by atoms with E-state index in [1.807, 2.05) is 19.9 Å². The van der Waals surface area contributed by atoms with Crippen LogP contribution in [0.5, 0.6) is 0 Å². The molecule has 1 N–H and O–H groups in total. The van der Waals surface area contributed by atoms with E-state index in [4.69, 9.17) is 4.74 Å². The molecule has 1 fully saturated rings. The van der Waals surface area contributed by atoms with Gasteiger partial charge in [0, 0.05) is 0 Å². The average molecular weight is 362 g/mol. The van der Waals surface area contributed by atoms with Gasteiger partial charge in [-0.1, -0.05) is 6.07 Å². The number of carbonyl (C=O) groups is 2. The quantitative estimate of drug-likeness (QED) is 0.619. The van der Waals surface area contributed by atoms with E-state index < -0.39 is 0 Å². The fourth-order valence-corrected chi connectivity index (χ4v) is 3.93. The summed E-state index contributed by atoms with van der Waals surface area (Å²) in [7, 11) is 0. The molecule has 144 valence electrons. The number of anilines is 1. The smallest absolute Gasteiger partial charge is 0.340 e. The van der Waals surface area contributed by atoms with Crippen LogP contribution in [0, 0.1) is 13.8 Å². The number of nitrogens with one attached hydrogen (secondary N) is 1. The third kappa shape index (κ3) is 5.07. The highest BCUT2D eigenvalue weighted by Gasteiger charge is 2.30. The minimum atomic E-state index is -0.385. The van der Waals surface area contributed by atoms with E-state index in [1.165, 1.54) is 25.7 Å². The molecule has 1 aliphatic heterocycles. The summed E-state index contributed by atoms with van der Waals surface area (Å²) in [6.07, 6.45) is 4.87. The highest BCUT2D eigenvalue weighted by atomic mass is 16.5. The standard InChI is InChI=1S/C21H32N2O3/c1-5-23(11-9-7-8-10-12-23)15-19(24)22-20-17(4)13-16(3)14-18(20)21(25)26-6-2/h13-14H,5-12,15H2,1-4H3/p+1. The molecule has 26 heavy (non-hydrogen) atoms. The predicted octanol–water partition coefficient (Wildman–Crippen LogP) is 3.83. The van der Waals surface area contributed by atoms with E-state index in [0.29, 0.717) is 24.4 Å². The van der Waals surface area contributed by atoms with Gasteiger partial charge in [0.25, 0.3) is 5.91 Å². The van der Waals surface area contributed by atoms with Gasteiger partial charge < -0.3 is 14.5 Å². The number of quaternary nitrogens is 1. The summed E-state index contributed by atoms with van der Waals surface area (Å²) in [5.41, 5.74) is 2.90. The van der Waals surface area contributed by atoms with Crippen LogP contribution in [0.15, 0.2) is 12.1 Å². The van der Waals surface area contributed by atoms with E-state index in [-0.39, 0.29) is 11.9 Å². The summed E-state index contributed by atoms with van der Waals surface area (Å²) >= 11 is 0. The molecule has 0 atom stereocenters. The second-order valence-electron chi connectivity index (χ2n) is 7.45. The third-order valence-electron chi connectivity index (χ3n) is 5.40. The van der Waals surface area contributed by atoms with Gasteiger partial charge in [0.2, 0.25) is 0 Å². The number of ether oxygens (including phenoxy) is 1. The summed E-state index contributed by atoms with van der Waals surface area (Å²) in [6, 6.07) is 3.77. The lowest BCUT2D eigenvalue weighted by Gasteiger charge is -2.36. The topological polar surface area (TPSA) is 55.4 Å². The molecule has 0 aromatic heterocycles. The van der Waals surface area contributed by atoms with Gasteiger partial charge in [0.15, 0.2) is 6.54 Å². The van der Waals surface area contributed by atoms with Crippen molar-refractivity contribution in [2.24, 2.45) is 0 Å². The minimum absolute atomic E-state index is 0.0220. The number of amides is 1. The second-order valence-corrected chi connectivity index (χ2v) is 7.45. The van der Waals surface area contributed by atoms with Gasteiger partial charge in [-0.15, -0.1) is 0 Å². The Morgan fingerprint density at radius 2 is 1.73 bits per heavy atom. The number of hydrogen-bond donors (Lipinski definition) is 1. The van der Waals surface area contributed by atoms with Crippen molar-refractivity contribution in [3.63, 3.8) is 0 Å². The lowest BCUT2D eigenvalue weighted by Crippen LogP contribution is -2.52. The van der Waals surface area contributed by atoms with E-state index in [9.17, 15) is 9.59 Å². The Morgan fingerprint density at radius 1 is 1.08 bits per heavy atom. The zero-order valence-electron chi connectivity index (χ0n) is 16.7. The van der Waals surface area contributed by atoms with Gasteiger partial charge in [0.1, 0.15) is 0 Å². The molecule has 1 amide bonds. The van der Waals surface area contributed by atoms with Crippen LogP contribution in [0.1, 0.15) is 61.0 Å². The van der Waals surface area contributed by atoms with Crippen LogP contribution in [-0.4, -0.2) is 49.1 Å². The Morgan fingerprint density at radius 3 is 2.31 bits per heavy atom. The molecule has 0 bridgehead atoms. The van der Waals surface area contributed by atoms with Crippen molar-refractivity contribution in [1.82, 2.24) is 0 Å². The number of likely N-dealkylation sites (tertiary alicyclic amines) is 1. The number of benzene rings is 1. The molecule has 0 spiro atoms. The van der Waals surface area contributed by atoms with Crippen LogP contribution in [0.25, 0.3) is 0 Å². The molecule has 1 aromatic rings. The van der Waals surface area contributed by atoms with Crippen molar-refractivity contribution in [2.45, 2.75) is 53.4 Å². The van der Waals surface area contributed by atoms with Gasteiger partial charge in [-0.2, -0.15) is 0 Å². The fourth-order valence-electron chi connectivity index (χ4n) is 3.93. The Labute approximate surface area is 157 Å². The van der Waals surface area contributed by atoms with Crippen LogP contribution in [0.2, 0.25) is 0 Å². The SMILES string of the molecule is CCOC(=O)c1cc(C)cc(C)c1NC(=O)C[N+]1(CC)CCCCCC1. The molecule has 1 saturated heterocycles. The molecular weight excluding hydrogens is 328 g/mol. The Hall–Kier alpha value is -1.88. The highest BCUT2D eigenvalue weighted by Crippen LogP contribution is 2.25. The molecule has 0 aliphatic carbocycles. The first-order valence-corrected chi connectivity index (χ1v) is 9.84.